The van der Waals surface area contributed by atoms with Gasteiger partial charge in [-0.05, 0) is 99.8 Å². The maximum absolute atomic E-state index is 12.3. The van der Waals surface area contributed by atoms with Crippen LogP contribution in [0, 0.1) is 34.5 Å². The molecule has 0 heterocycles. The maximum atomic E-state index is 12.3. The largest absolute Gasteiger partial charge is 0.446 e. The van der Waals surface area contributed by atoms with Gasteiger partial charge in [0.15, 0.2) is 0 Å². The van der Waals surface area contributed by atoms with Gasteiger partial charge in [0, 0.05) is 5.41 Å². The first kappa shape index (κ1) is 23.3. The van der Waals surface area contributed by atoms with Crippen molar-refractivity contribution in [1.29, 1.82) is 0 Å². The quantitative estimate of drug-likeness (QED) is 0.527. The van der Waals surface area contributed by atoms with Crippen LogP contribution >= 0.6 is 0 Å². The van der Waals surface area contributed by atoms with Gasteiger partial charge in [-0.3, -0.25) is 0 Å². The predicted octanol–water partition coefficient (Wildman–Crippen LogP) is 3.58. The molecule has 9 atom stereocenters. The van der Waals surface area contributed by atoms with Gasteiger partial charge in [-0.25, -0.2) is 4.79 Å². The first-order valence-corrected chi connectivity index (χ1v) is 12.7. The summed E-state index contributed by atoms with van der Waals surface area (Å²) in [7, 11) is 0. The Morgan fingerprint density at radius 3 is 2.58 bits per heavy atom. The van der Waals surface area contributed by atoms with E-state index in [1.54, 1.807) is 0 Å². The summed E-state index contributed by atoms with van der Waals surface area (Å²) in [6.45, 7) is 7.32. The van der Waals surface area contributed by atoms with Gasteiger partial charge in [0.2, 0.25) is 0 Å². The van der Waals surface area contributed by atoms with Gasteiger partial charge in [-0.2, -0.15) is 0 Å². The molecule has 178 valence electrons. The van der Waals surface area contributed by atoms with E-state index in [0.29, 0.717) is 36.6 Å². The van der Waals surface area contributed by atoms with Crippen molar-refractivity contribution < 1.29 is 19.7 Å². The number of fused-ring (bicyclic) bond motifs is 5. The van der Waals surface area contributed by atoms with E-state index in [0.717, 1.165) is 51.4 Å². The lowest BCUT2D eigenvalue weighted by molar-refractivity contribution is -0.209. The average molecular weight is 437 g/mol. The number of nitrogens with one attached hydrogen (secondary N) is 1. The lowest BCUT2D eigenvalue weighted by atomic mass is 9.43. The van der Waals surface area contributed by atoms with Crippen molar-refractivity contribution >= 4 is 6.09 Å². The van der Waals surface area contributed by atoms with Gasteiger partial charge < -0.3 is 26.0 Å². The number of ether oxygens (including phenoxy) is 1. The second kappa shape index (κ2) is 8.49. The van der Waals surface area contributed by atoms with Gasteiger partial charge in [0.1, 0.15) is 6.10 Å². The number of hydrogen-bond acceptors (Lipinski definition) is 5. The number of alkyl carbamates (subject to hydrolysis) is 1. The van der Waals surface area contributed by atoms with Crippen molar-refractivity contribution in [2.24, 2.45) is 40.2 Å². The number of aliphatic hydroxyl groups excluding tert-OH is 1. The van der Waals surface area contributed by atoms with Crippen LogP contribution < -0.4 is 11.1 Å². The minimum absolute atomic E-state index is 0.0347. The third-order valence-corrected chi connectivity index (χ3v) is 10.6. The highest BCUT2D eigenvalue weighted by Crippen LogP contribution is 2.68. The first-order chi connectivity index (χ1) is 14.7. The molecule has 4 rings (SSSR count). The molecule has 31 heavy (non-hydrogen) atoms. The SMILES string of the molecule is CC[C@H](CO)NC(=O)O[C@H]1CC[C@]2(C)C3CC[C@]4(C)[C@@H](CN)CCC4(O)C3CC[C@@H]2C1. The Morgan fingerprint density at radius 1 is 1.13 bits per heavy atom. The van der Waals surface area contributed by atoms with Crippen molar-refractivity contribution in [2.75, 3.05) is 13.2 Å². The highest BCUT2D eigenvalue weighted by Gasteiger charge is 2.66. The van der Waals surface area contributed by atoms with E-state index < -0.39 is 11.7 Å². The van der Waals surface area contributed by atoms with Gasteiger partial charge in [-0.1, -0.05) is 20.8 Å². The third-order valence-electron chi connectivity index (χ3n) is 10.6. The van der Waals surface area contributed by atoms with Crippen LogP contribution in [-0.4, -0.2) is 47.2 Å². The maximum Gasteiger partial charge on any atom is 0.407 e. The number of hydrogen-bond donors (Lipinski definition) is 4. The van der Waals surface area contributed by atoms with Crippen LogP contribution in [-0.2, 0) is 4.74 Å². The Morgan fingerprint density at radius 2 is 1.90 bits per heavy atom. The highest BCUT2D eigenvalue weighted by molar-refractivity contribution is 5.67. The Kier molecular flexibility index (Phi) is 6.39. The molecule has 0 aliphatic heterocycles. The summed E-state index contributed by atoms with van der Waals surface area (Å²) in [6, 6.07) is -0.238. The first-order valence-electron chi connectivity index (χ1n) is 12.7. The van der Waals surface area contributed by atoms with Crippen molar-refractivity contribution in [1.82, 2.24) is 5.32 Å². The molecule has 6 heteroatoms. The van der Waals surface area contributed by atoms with E-state index in [1.807, 2.05) is 6.92 Å². The van der Waals surface area contributed by atoms with E-state index in [2.05, 4.69) is 19.2 Å². The number of rotatable bonds is 5. The van der Waals surface area contributed by atoms with E-state index in [-0.39, 0.29) is 29.6 Å². The molecular formula is C25H44N2O4. The second-order valence-corrected chi connectivity index (χ2v) is 11.6. The molecule has 0 aromatic rings. The van der Waals surface area contributed by atoms with Crippen LogP contribution in [0.4, 0.5) is 4.79 Å². The number of carbonyl (C=O) groups is 1. The van der Waals surface area contributed by atoms with E-state index in [1.165, 1.54) is 6.42 Å². The van der Waals surface area contributed by atoms with Crippen molar-refractivity contribution in [3.05, 3.63) is 0 Å². The minimum atomic E-state index is -0.569. The van der Waals surface area contributed by atoms with Gasteiger partial charge >= 0.3 is 6.09 Å². The van der Waals surface area contributed by atoms with Crippen LogP contribution in [0.5, 0.6) is 0 Å². The lowest BCUT2D eigenvalue weighted by Crippen LogP contribution is -2.62. The zero-order valence-electron chi connectivity index (χ0n) is 19.7. The molecule has 4 aliphatic rings. The molecule has 4 aliphatic carbocycles. The molecule has 3 unspecified atom stereocenters. The summed E-state index contributed by atoms with van der Waals surface area (Å²) in [5, 5.41) is 24.1. The Bertz CT molecular complexity index is 670. The molecule has 5 N–H and O–H groups in total. The third kappa shape index (κ3) is 3.61. The van der Waals surface area contributed by atoms with Crippen molar-refractivity contribution in [3.63, 3.8) is 0 Å². The number of amides is 1. The Balaban J connectivity index is 1.44. The predicted molar refractivity (Wildman–Crippen MR) is 120 cm³/mol. The molecule has 0 aromatic heterocycles. The summed E-state index contributed by atoms with van der Waals surface area (Å²) >= 11 is 0. The number of nitrogens with two attached hydrogens (primary N) is 1. The van der Waals surface area contributed by atoms with Gasteiger partial charge in [0.25, 0.3) is 0 Å². The fraction of sp³-hybridized carbons (Fsp3) is 0.960. The van der Waals surface area contributed by atoms with E-state index >= 15 is 0 Å². The number of carbonyl (C=O) groups excluding carboxylic acids is 1. The molecule has 0 radical (unpaired) electrons. The van der Waals surface area contributed by atoms with Crippen LogP contribution in [0.3, 0.4) is 0 Å². The highest BCUT2D eigenvalue weighted by atomic mass is 16.6. The van der Waals surface area contributed by atoms with E-state index in [4.69, 9.17) is 10.5 Å². The summed E-state index contributed by atoms with van der Waals surface area (Å²) in [4.78, 5) is 12.3. The smallest absolute Gasteiger partial charge is 0.407 e. The fourth-order valence-corrected chi connectivity index (χ4v) is 8.41. The van der Waals surface area contributed by atoms with Crippen LogP contribution in [0.2, 0.25) is 0 Å². The summed E-state index contributed by atoms with van der Waals surface area (Å²) < 4.78 is 5.76. The minimum Gasteiger partial charge on any atom is -0.446 e. The monoisotopic (exact) mass is 436 g/mol. The molecular weight excluding hydrogens is 392 g/mol. The zero-order chi connectivity index (χ0) is 22.4. The fourth-order valence-electron chi connectivity index (χ4n) is 8.41. The lowest BCUT2D eigenvalue weighted by Gasteiger charge is -2.63. The summed E-state index contributed by atoms with van der Waals surface area (Å²) in [5.41, 5.74) is 5.73. The topological polar surface area (TPSA) is 105 Å². The van der Waals surface area contributed by atoms with Crippen LogP contribution in [0.25, 0.3) is 0 Å². The molecule has 4 saturated carbocycles. The molecule has 6 nitrogen and oxygen atoms in total. The van der Waals surface area contributed by atoms with Crippen LogP contribution in [0.15, 0.2) is 0 Å². The van der Waals surface area contributed by atoms with Gasteiger partial charge in [0.05, 0.1) is 18.2 Å². The Hall–Kier alpha value is -0.850. The van der Waals surface area contributed by atoms with Crippen molar-refractivity contribution in [2.45, 2.75) is 103 Å². The van der Waals surface area contributed by atoms with Crippen molar-refractivity contribution in [3.8, 4) is 0 Å². The van der Waals surface area contributed by atoms with E-state index in [9.17, 15) is 15.0 Å². The summed E-state index contributed by atoms with van der Waals surface area (Å²) in [5.74, 6) is 1.91. The molecule has 1 amide bonds. The molecule has 0 saturated heterocycles. The van der Waals surface area contributed by atoms with Gasteiger partial charge in [-0.15, -0.1) is 0 Å². The summed E-state index contributed by atoms with van der Waals surface area (Å²) in [6.07, 6.45) is 9.53. The zero-order valence-corrected chi connectivity index (χ0v) is 19.7. The molecule has 0 bridgehead atoms. The molecule has 0 aromatic carbocycles. The molecule has 0 spiro atoms. The second-order valence-electron chi connectivity index (χ2n) is 11.6. The Labute approximate surface area is 187 Å². The molecule has 4 fully saturated rings. The normalized spacial score (nSPS) is 47.6. The average Bonchev–Trinajstić information content (AvgIpc) is 3.03. The van der Waals surface area contributed by atoms with Crippen LogP contribution in [0.1, 0.15) is 85.0 Å². The number of aliphatic hydroxyl groups is 2. The standard InChI is InChI=1S/C25H44N2O4/c1-4-18(15-28)27-22(29)31-19-8-10-23(2)16(13-19)5-6-21-20(23)9-11-24(3)17(14-26)7-12-25(21,24)30/h16-21,28,30H,4-15,26H2,1-3H3,(H,27,29)/t16-,17-,18-,19+,20?,21?,23+,24-,25?/m1/s1.